The lowest BCUT2D eigenvalue weighted by Gasteiger charge is -2.23. The summed E-state index contributed by atoms with van der Waals surface area (Å²) in [6.07, 6.45) is 0.991. The van der Waals surface area contributed by atoms with Gasteiger partial charge in [-0.25, -0.2) is 4.79 Å². The molecular formula is C20H20BrNO4. The van der Waals surface area contributed by atoms with Crippen molar-refractivity contribution in [2.45, 2.75) is 18.9 Å². The van der Waals surface area contributed by atoms with E-state index in [2.05, 4.69) is 15.9 Å². The Bertz CT molecular complexity index is 788. The second-order valence-electron chi connectivity index (χ2n) is 6.07. The number of hydrogen-bond donors (Lipinski definition) is 0. The Balaban J connectivity index is 1.88. The van der Waals surface area contributed by atoms with Gasteiger partial charge in [-0.1, -0.05) is 30.3 Å². The SMILES string of the molecule is COc1ccc(Br)c(C(=O)O[C@H](C(=O)N2CCCC2)c2ccccc2)c1. The molecule has 0 bridgehead atoms. The van der Waals surface area contributed by atoms with Crippen molar-refractivity contribution in [1.29, 1.82) is 0 Å². The number of benzene rings is 2. The van der Waals surface area contributed by atoms with Gasteiger partial charge < -0.3 is 14.4 Å². The molecule has 0 aliphatic carbocycles. The van der Waals surface area contributed by atoms with Gasteiger partial charge in [0.1, 0.15) is 5.75 Å². The Morgan fingerprint density at radius 1 is 1.08 bits per heavy atom. The summed E-state index contributed by atoms with van der Waals surface area (Å²) >= 11 is 3.36. The van der Waals surface area contributed by atoms with Crippen LogP contribution in [0.1, 0.15) is 34.9 Å². The molecule has 2 aromatic rings. The Kier molecular flexibility index (Phi) is 5.93. The summed E-state index contributed by atoms with van der Waals surface area (Å²) < 4.78 is 11.4. The average Bonchev–Trinajstić information content (AvgIpc) is 3.21. The smallest absolute Gasteiger partial charge is 0.340 e. The summed E-state index contributed by atoms with van der Waals surface area (Å²) in [6, 6.07) is 14.2. The number of esters is 1. The minimum absolute atomic E-state index is 0.180. The van der Waals surface area contributed by atoms with Crippen LogP contribution in [0.25, 0.3) is 0 Å². The largest absolute Gasteiger partial charge is 0.497 e. The van der Waals surface area contributed by atoms with Gasteiger partial charge in [-0.2, -0.15) is 0 Å². The first-order valence-electron chi connectivity index (χ1n) is 8.48. The summed E-state index contributed by atoms with van der Waals surface area (Å²) in [5, 5.41) is 0. The van der Waals surface area contributed by atoms with Crippen LogP contribution in [0, 0.1) is 0 Å². The molecule has 0 spiro atoms. The predicted molar refractivity (Wildman–Crippen MR) is 101 cm³/mol. The molecule has 0 saturated carbocycles. The third kappa shape index (κ3) is 4.07. The van der Waals surface area contributed by atoms with Gasteiger partial charge >= 0.3 is 5.97 Å². The molecule has 1 atom stereocenters. The van der Waals surface area contributed by atoms with E-state index in [0.717, 1.165) is 12.8 Å². The van der Waals surface area contributed by atoms with E-state index < -0.39 is 12.1 Å². The van der Waals surface area contributed by atoms with E-state index in [-0.39, 0.29) is 5.91 Å². The van der Waals surface area contributed by atoms with Gasteiger partial charge in [-0.3, -0.25) is 4.79 Å². The predicted octanol–water partition coefficient (Wildman–Crippen LogP) is 3.98. The molecule has 1 saturated heterocycles. The molecule has 1 aliphatic heterocycles. The zero-order chi connectivity index (χ0) is 18.5. The summed E-state index contributed by atoms with van der Waals surface area (Å²) in [6.45, 7) is 1.39. The number of likely N-dealkylation sites (tertiary alicyclic amines) is 1. The number of ether oxygens (including phenoxy) is 2. The van der Waals surface area contributed by atoms with Crippen molar-refractivity contribution in [2.75, 3.05) is 20.2 Å². The molecule has 6 heteroatoms. The van der Waals surface area contributed by atoms with Crippen molar-refractivity contribution in [3.05, 3.63) is 64.1 Å². The van der Waals surface area contributed by atoms with Crippen molar-refractivity contribution in [3.63, 3.8) is 0 Å². The van der Waals surface area contributed by atoms with Gasteiger partial charge in [0.2, 0.25) is 6.10 Å². The third-order valence-corrected chi connectivity index (χ3v) is 5.05. The first-order chi connectivity index (χ1) is 12.6. The highest BCUT2D eigenvalue weighted by Gasteiger charge is 2.31. The van der Waals surface area contributed by atoms with Crippen molar-refractivity contribution in [2.24, 2.45) is 0 Å². The number of halogens is 1. The standard InChI is InChI=1S/C20H20BrNO4/c1-25-15-9-10-17(21)16(13-15)20(24)26-18(14-7-3-2-4-8-14)19(23)22-11-5-6-12-22/h2-4,7-10,13,18H,5-6,11-12H2,1H3/t18-/m0/s1. The van der Waals surface area contributed by atoms with Crippen molar-refractivity contribution in [1.82, 2.24) is 4.90 Å². The Labute approximate surface area is 161 Å². The number of carbonyl (C=O) groups excluding carboxylic acids is 2. The molecule has 0 radical (unpaired) electrons. The van der Waals surface area contributed by atoms with Crippen LogP contribution in [0.2, 0.25) is 0 Å². The average molecular weight is 418 g/mol. The summed E-state index contributed by atoms with van der Waals surface area (Å²) in [4.78, 5) is 27.4. The molecule has 136 valence electrons. The van der Waals surface area contributed by atoms with Crippen LogP contribution in [0.3, 0.4) is 0 Å². The Morgan fingerprint density at radius 2 is 1.77 bits per heavy atom. The van der Waals surface area contributed by atoms with Crippen LogP contribution in [-0.2, 0) is 9.53 Å². The van der Waals surface area contributed by atoms with E-state index in [4.69, 9.17) is 9.47 Å². The van der Waals surface area contributed by atoms with Gasteiger partial charge in [-0.05, 0) is 47.0 Å². The third-order valence-electron chi connectivity index (χ3n) is 4.36. The Morgan fingerprint density at radius 3 is 2.42 bits per heavy atom. The topological polar surface area (TPSA) is 55.8 Å². The number of hydrogen-bond acceptors (Lipinski definition) is 4. The number of carbonyl (C=O) groups is 2. The van der Waals surface area contributed by atoms with Gasteiger partial charge in [-0.15, -0.1) is 0 Å². The molecule has 2 aromatic carbocycles. The van der Waals surface area contributed by atoms with E-state index in [1.165, 1.54) is 7.11 Å². The lowest BCUT2D eigenvalue weighted by atomic mass is 10.1. The Hall–Kier alpha value is -2.34. The molecule has 0 N–H and O–H groups in total. The maximum Gasteiger partial charge on any atom is 0.340 e. The molecule has 1 fully saturated rings. The lowest BCUT2D eigenvalue weighted by Crippen LogP contribution is -2.34. The highest BCUT2D eigenvalue weighted by atomic mass is 79.9. The summed E-state index contributed by atoms with van der Waals surface area (Å²) in [7, 11) is 1.53. The molecule has 26 heavy (non-hydrogen) atoms. The second-order valence-corrected chi connectivity index (χ2v) is 6.93. The van der Waals surface area contributed by atoms with Crippen LogP contribution in [0.4, 0.5) is 0 Å². The summed E-state index contributed by atoms with van der Waals surface area (Å²) in [5.74, 6) is -0.208. The molecule has 1 heterocycles. The molecule has 3 rings (SSSR count). The highest BCUT2D eigenvalue weighted by Crippen LogP contribution is 2.28. The van der Waals surface area contributed by atoms with E-state index >= 15 is 0 Å². The zero-order valence-electron chi connectivity index (χ0n) is 14.5. The fourth-order valence-electron chi connectivity index (χ4n) is 2.95. The van der Waals surface area contributed by atoms with Crippen LogP contribution in [0.15, 0.2) is 53.0 Å². The van der Waals surface area contributed by atoms with Crippen molar-refractivity contribution < 1.29 is 19.1 Å². The van der Waals surface area contributed by atoms with E-state index in [9.17, 15) is 9.59 Å². The number of nitrogens with zero attached hydrogens (tertiary/aromatic N) is 1. The quantitative estimate of drug-likeness (QED) is 0.690. The monoisotopic (exact) mass is 417 g/mol. The zero-order valence-corrected chi connectivity index (χ0v) is 16.1. The van der Waals surface area contributed by atoms with E-state index in [1.54, 1.807) is 35.2 Å². The van der Waals surface area contributed by atoms with Gasteiger partial charge in [0.05, 0.1) is 12.7 Å². The molecule has 1 amide bonds. The van der Waals surface area contributed by atoms with Crippen LogP contribution >= 0.6 is 15.9 Å². The second kappa shape index (κ2) is 8.36. The molecule has 0 aromatic heterocycles. The summed E-state index contributed by atoms with van der Waals surface area (Å²) in [5.41, 5.74) is 0.983. The first kappa shape index (κ1) is 18.5. The highest BCUT2D eigenvalue weighted by molar-refractivity contribution is 9.10. The van der Waals surface area contributed by atoms with Crippen molar-refractivity contribution in [3.8, 4) is 5.75 Å². The van der Waals surface area contributed by atoms with Gasteiger partial charge in [0, 0.05) is 23.1 Å². The minimum Gasteiger partial charge on any atom is -0.497 e. The fraction of sp³-hybridized carbons (Fsp3) is 0.300. The number of rotatable bonds is 5. The van der Waals surface area contributed by atoms with E-state index in [1.807, 2.05) is 18.2 Å². The normalized spacial score (nSPS) is 14.8. The lowest BCUT2D eigenvalue weighted by molar-refractivity contribution is -0.140. The molecular weight excluding hydrogens is 398 g/mol. The van der Waals surface area contributed by atoms with E-state index in [0.29, 0.717) is 34.4 Å². The first-order valence-corrected chi connectivity index (χ1v) is 9.27. The maximum atomic E-state index is 12.9. The molecule has 5 nitrogen and oxygen atoms in total. The molecule has 1 aliphatic rings. The number of amides is 1. The fourth-order valence-corrected chi connectivity index (χ4v) is 3.36. The van der Waals surface area contributed by atoms with Crippen LogP contribution in [0.5, 0.6) is 5.75 Å². The van der Waals surface area contributed by atoms with Crippen LogP contribution < -0.4 is 4.74 Å². The van der Waals surface area contributed by atoms with Gasteiger partial charge in [0.15, 0.2) is 0 Å². The van der Waals surface area contributed by atoms with Gasteiger partial charge in [0.25, 0.3) is 5.91 Å². The van der Waals surface area contributed by atoms with Crippen molar-refractivity contribution >= 4 is 27.8 Å². The number of methoxy groups -OCH3 is 1. The molecule has 0 unspecified atom stereocenters. The van der Waals surface area contributed by atoms with Crippen LogP contribution in [-0.4, -0.2) is 37.0 Å². The minimum atomic E-state index is -0.958. The maximum absolute atomic E-state index is 12.9.